The van der Waals surface area contributed by atoms with Crippen LogP contribution in [-0.2, 0) is 6.18 Å². The van der Waals surface area contributed by atoms with Gasteiger partial charge in [0.05, 0.1) is 11.3 Å². The van der Waals surface area contributed by atoms with Gasteiger partial charge in [0.2, 0.25) is 5.56 Å². The predicted molar refractivity (Wildman–Crippen MR) is 42.4 cm³/mol. The Hall–Kier alpha value is -1.73. The molecule has 88 valence electrons. The largest absolute Gasteiger partial charge is 0.418 e. The van der Waals surface area contributed by atoms with E-state index in [2.05, 4.69) is 0 Å². The summed E-state index contributed by atoms with van der Waals surface area (Å²) < 4.78 is 61.7. The lowest BCUT2D eigenvalue weighted by atomic mass is 10.1. The Morgan fingerprint density at radius 2 is 1.88 bits per heavy atom. The highest BCUT2D eigenvalue weighted by Crippen LogP contribution is 2.36. The molecule has 16 heavy (non-hydrogen) atoms. The van der Waals surface area contributed by atoms with Crippen molar-refractivity contribution in [1.82, 2.24) is 4.98 Å². The van der Waals surface area contributed by atoms with Crippen LogP contribution >= 0.6 is 0 Å². The van der Waals surface area contributed by atoms with Crippen molar-refractivity contribution in [3.8, 4) is 0 Å². The summed E-state index contributed by atoms with van der Waals surface area (Å²) in [7, 11) is 0. The number of aldehydes is 1. The third-order valence-corrected chi connectivity index (χ3v) is 1.73. The normalized spacial score (nSPS) is 11.9. The van der Waals surface area contributed by atoms with Crippen LogP contribution in [0.15, 0.2) is 10.9 Å². The summed E-state index contributed by atoms with van der Waals surface area (Å²) in [4.78, 5) is 22.4. The van der Waals surface area contributed by atoms with Crippen LogP contribution in [0.4, 0.5) is 22.0 Å². The summed E-state index contributed by atoms with van der Waals surface area (Å²) >= 11 is 0. The Kier molecular flexibility index (Phi) is 3.11. The van der Waals surface area contributed by atoms with Crippen LogP contribution in [0.1, 0.15) is 28.0 Å². The molecule has 0 spiro atoms. The van der Waals surface area contributed by atoms with E-state index < -0.39 is 35.0 Å². The highest BCUT2D eigenvalue weighted by atomic mass is 19.4. The molecule has 0 unspecified atom stereocenters. The summed E-state index contributed by atoms with van der Waals surface area (Å²) in [6.45, 7) is 0. The number of carbonyl (C=O) groups is 1. The number of halogens is 5. The minimum atomic E-state index is -5.13. The molecular weight excluding hydrogens is 237 g/mol. The van der Waals surface area contributed by atoms with Gasteiger partial charge >= 0.3 is 6.18 Å². The Balaban J connectivity index is 3.65. The first-order chi connectivity index (χ1) is 7.27. The Bertz CT molecular complexity index is 462. The maximum absolute atomic E-state index is 12.4. The van der Waals surface area contributed by atoms with Gasteiger partial charge in [-0.25, -0.2) is 8.78 Å². The van der Waals surface area contributed by atoms with E-state index in [1.165, 1.54) is 4.98 Å². The summed E-state index contributed by atoms with van der Waals surface area (Å²) in [5.74, 6) is 0. The molecule has 0 amide bonds. The molecule has 1 N–H and O–H groups in total. The second-order valence-corrected chi connectivity index (χ2v) is 2.79. The van der Waals surface area contributed by atoms with Crippen molar-refractivity contribution < 1.29 is 26.7 Å². The molecule has 0 aliphatic heterocycles. The number of nitrogens with one attached hydrogen (secondary N) is 1. The van der Waals surface area contributed by atoms with Crippen molar-refractivity contribution in [3.63, 3.8) is 0 Å². The molecule has 1 heterocycles. The van der Waals surface area contributed by atoms with Gasteiger partial charge in [0.1, 0.15) is 0 Å². The fraction of sp³-hybridized carbons (Fsp3) is 0.250. The SMILES string of the molecule is O=Cc1cc(=O)[nH]c(C(F)F)c1C(F)(F)F. The van der Waals surface area contributed by atoms with Gasteiger partial charge in [-0.05, 0) is 0 Å². The van der Waals surface area contributed by atoms with Gasteiger partial charge in [0.25, 0.3) is 6.43 Å². The van der Waals surface area contributed by atoms with E-state index in [1.54, 1.807) is 0 Å². The van der Waals surface area contributed by atoms with Crippen molar-refractivity contribution in [2.24, 2.45) is 0 Å². The van der Waals surface area contributed by atoms with E-state index >= 15 is 0 Å². The standard InChI is InChI=1S/C8H4F5NO2/c9-7(10)6-5(8(11,12)13)3(2-15)1-4(16)14-6/h1-2,7H,(H,14,16). The van der Waals surface area contributed by atoms with Crippen LogP contribution in [0.25, 0.3) is 0 Å². The van der Waals surface area contributed by atoms with Crippen LogP contribution in [-0.4, -0.2) is 11.3 Å². The summed E-state index contributed by atoms with van der Waals surface area (Å²) in [5, 5.41) is 0. The Labute approximate surface area is 84.9 Å². The van der Waals surface area contributed by atoms with E-state index in [9.17, 15) is 31.5 Å². The molecule has 0 aliphatic rings. The molecule has 0 saturated carbocycles. The molecule has 1 aromatic rings. The average Bonchev–Trinajstić information content (AvgIpc) is 2.14. The van der Waals surface area contributed by atoms with Crippen LogP contribution in [0.5, 0.6) is 0 Å². The fourth-order valence-corrected chi connectivity index (χ4v) is 1.17. The van der Waals surface area contributed by atoms with Crippen LogP contribution < -0.4 is 5.56 Å². The first kappa shape index (κ1) is 12.3. The zero-order valence-corrected chi connectivity index (χ0v) is 7.44. The predicted octanol–water partition coefficient (Wildman–Crippen LogP) is 2.14. The number of hydrogen-bond donors (Lipinski definition) is 1. The van der Waals surface area contributed by atoms with Gasteiger partial charge < -0.3 is 4.98 Å². The molecule has 0 radical (unpaired) electrons. The second-order valence-electron chi connectivity index (χ2n) is 2.79. The van der Waals surface area contributed by atoms with Gasteiger partial charge in [-0.3, -0.25) is 9.59 Å². The van der Waals surface area contributed by atoms with Crippen LogP contribution in [0, 0.1) is 0 Å². The minimum absolute atomic E-state index is 0.288. The fourth-order valence-electron chi connectivity index (χ4n) is 1.17. The van der Waals surface area contributed by atoms with Crippen LogP contribution in [0.3, 0.4) is 0 Å². The lowest BCUT2D eigenvalue weighted by molar-refractivity contribution is -0.140. The first-order valence-corrected chi connectivity index (χ1v) is 3.85. The highest BCUT2D eigenvalue weighted by Gasteiger charge is 2.39. The van der Waals surface area contributed by atoms with E-state index in [0.29, 0.717) is 6.07 Å². The molecule has 0 bridgehead atoms. The third-order valence-electron chi connectivity index (χ3n) is 1.73. The van der Waals surface area contributed by atoms with Crippen LogP contribution in [0.2, 0.25) is 0 Å². The topological polar surface area (TPSA) is 49.9 Å². The molecule has 3 nitrogen and oxygen atoms in total. The Morgan fingerprint density at radius 3 is 2.25 bits per heavy atom. The van der Waals surface area contributed by atoms with Gasteiger partial charge in [-0.1, -0.05) is 0 Å². The molecule has 1 aromatic heterocycles. The smallest absolute Gasteiger partial charge is 0.321 e. The molecule has 1 rings (SSSR count). The van der Waals surface area contributed by atoms with E-state index in [1.807, 2.05) is 0 Å². The van der Waals surface area contributed by atoms with Crippen molar-refractivity contribution in [2.75, 3.05) is 0 Å². The number of rotatable bonds is 2. The zero-order valence-electron chi connectivity index (χ0n) is 7.44. The van der Waals surface area contributed by atoms with Crippen molar-refractivity contribution in [2.45, 2.75) is 12.6 Å². The number of aromatic nitrogens is 1. The number of hydrogen-bond acceptors (Lipinski definition) is 2. The van der Waals surface area contributed by atoms with E-state index in [-0.39, 0.29) is 6.29 Å². The molecule has 8 heteroatoms. The van der Waals surface area contributed by atoms with Gasteiger partial charge in [-0.15, -0.1) is 0 Å². The lowest BCUT2D eigenvalue weighted by Gasteiger charge is -2.13. The van der Waals surface area contributed by atoms with Crippen molar-refractivity contribution in [1.29, 1.82) is 0 Å². The van der Waals surface area contributed by atoms with Crippen molar-refractivity contribution in [3.05, 3.63) is 33.2 Å². The molecule has 0 saturated heterocycles. The number of alkyl halides is 5. The number of aromatic amines is 1. The zero-order chi connectivity index (χ0) is 12.5. The maximum Gasteiger partial charge on any atom is 0.418 e. The Morgan fingerprint density at radius 1 is 1.31 bits per heavy atom. The lowest BCUT2D eigenvalue weighted by Crippen LogP contribution is -2.20. The molecule has 0 aromatic carbocycles. The number of H-pyrrole nitrogens is 1. The maximum atomic E-state index is 12.4. The minimum Gasteiger partial charge on any atom is -0.321 e. The second kappa shape index (κ2) is 4.03. The molecule has 0 aliphatic carbocycles. The van der Waals surface area contributed by atoms with Gasteiger partial charge in [0.15, 0.2) is 6.29 Å². The van der Waals surface area contributed by atoms with Gasteiger partial charge in [-0.2, -0.15) is 13.2 Å². The number of carbonyl (C=O) groups excluding carboxylic acids is 1. The molecular formula is C8H4F5NO2. The summed E-state index contributed by atoms with van der Waals surface area (Å²) in [6.07, 6.45) is -8.94. The number of pyridine rings is 1. The summed E-state index contributed by atoms with van der Waals surface area (Å²) in [5.41, 5.74) is -5.70. The molecule has 0 atom stereocenters. The quantitative estimate of drug-likeness (QED) is 0.637. The van der Waals surface area contributed by atoms with E-state index in [0.717, 1.165) is 0 Å². The van der Waals surface area contributed by atoms with Gasteiger partial charge in [0, 0.05) is 11.6 Å². The highest BCUT2D eigenvalue weighted by molar-refractivity contribution is 5.77. The summed E-state index contributed by atoms with van der Waals surface area (Å²) in [6, 6.07) is 0.321. The first-order valence-electron chi connectivity index (χ1n) is 3.85. The molecule has 0 fully saturated rings. The monoisotopic (exact) mass is 241 g/mol. The van der Waals surface area contributed by atoms with Crippen molar-refractivity contribution >= 4 is 6.29 Å². The average molecular weight is 241 g/mol. The van der Waals surface area contributed by atoms with E-state index in [4.69, 9.17) is 0 Å². The third kappa shape index (κ3) is 2.26.